The smallest absolute Gasteiger partial charge is 0.0213 e. The van der Waals surface area contributed by atoms with Gasteiger partial charge in [-0.3, -0.25) is 0 Å². The van der Waals surface area contributed by atoms with Crippen LogP contribution in [0.25, 0.3) is 0 Å². The van der Waals surface area contributed by atoms with Crippen LogP contribution in [0.3, 0.4) is 0 Å². The summed E-state index contributed by atoms with van der Waals surface area (Å²) in [6, 6.07) is 0. The molecular formula is C23H42. The Labute approximate surface area is 146 Å². The highest BCUT2D eigenvalue weighted by molar-refractivity contribution is 5.11. The van der Waals surface area contributed by atoms with Crippen molar-refractivity contribution in [1.29, 1.82) is 0 Å². The van der Waals surface area contributed by atoms with Gasteiger partial charge in [0.2, 0.25) is 0 Å². The van der Waals surface area contributed by atoms with E-state index >= 15 is 0 Å². The highest BCUT2D eigenvalue weighted by Gasteiger charge is 2.62. The summed E-state index contributed by atoms with van der Waals surface area (Å²) in [6.07, 6.45) is 14.9. The Morgan fingerprint density at radius 2 is 1.52 bits per heavy atom. The molecule has 3 rings (SSSR count). The van der Waals surface area contributed by atoms with Gasteiger partial charge in [0.25, 0.3) is 0 Å². The standard InChI is InChI=1S/C23H42/c1-17-9-7-11-20(15-17)16-22(5)19(3)12-14-21(4)18(2)10-8-13-23(21,22)6/h17-20H,7-16H2,1-6H3. The Morgan fingerprint density at radius 3 is 2.22 bits per heavy atom. The van der Waals surface area contributed by atoms with E-state index in [2.05, 4.69) is 41.5 Å². The van der Waals surface area contributed by atoms with Gasteiger partial charge in [0.1, 0.15) is 0 Å². The number of rotatable bonds is 2. The Morgan fingerprint density at radius 1 is 0.783 bits per heavy atom. The van der Waals surface area contributed by atoms with Gasteiger partial charge in [-0.15, -0.1) is 0 Å². The summed E-state index contributed by atoms with van der Waals surface area (Å²) in [6.45, 7) is 15.8. The molecular weight excluding hydrogens is 276 g/mol. The lowest BCUT2D eigenvalue weighted by molar-refractivity contribution is -0.188. The minimum atomic E-state index is 0.552. The zero-order chi connectivity index (χ0) is 16.9. The fourth-order valence-electron chi connectivity index (χ4n) is 7.52. The molecule has 7 atom stereocenters. The van der Waals surface area contributed by atoms with Crippen molar-refractivity contribution in [3.63, 3.8) is 0 Å². The van der Waals surface area contributed by atoms with Crippen LogP contribution in [0.1, 0.15) is 106 Å². The fraction of sp³-hybridized carbons (Fsp3) is 1.00. The van der Waals surface area contributed by atoms with Crippen LogP contribution in [-0.2, 0) is 0 Å². The van der Waals surface area contributed by atoms with Gasteiger partial charge in [-0.25, -0.2) is 0 Å². The van der Waals surface area contributed by atoms with Crippen LogP contribution in [0.4, 0.5) is 0 Å². The molecule has 0 bridgehead atoms. The summed E-state index contributed by atoms with van der Waals surface area (Å²) in [5.41, 5.74) is 1.68. The van der Waals surface area contributed by atoms with Gasteiger partial charge in [-0.05, 0) is 72.0 Å². The van der Waals surface area contributed by atoms with Gasteiger partial charge >= 0.3 is 0 Å². The highest BCUT2D eigenvalue weighted by atomic mass is 14.7. The van der Waals surface area contributed by atoms with E-state index < -0.39 is 0 Å². The second kappa shape index (κ2) is 6.06. The molecule has 0 spiro atoms. The van der Waals surface area contributed by atoms with Crippen molar-refractivity contribution in [3.8, 4) is 0 Å². The molecule has 0 heterocycles. The van der Waals surface area contributed by atoms with Crippen molar-refractivity contribution in [2.45, 2.75) is 106 Å². The number of fused-ring (bicyclic) bond motifs is 1. The van der Waals surface area contributed by atoms with E-state index in [0.29, 0.717) is 16.2 Å². The van der Waals surface area contributed by atoms with Gasteiger partial charge in [0, 0.05) is 0 Å². The third-order valence-corrected chi connectivity index (χ3v) is 9.86. The van der Waals surface area contributed by atoms with Crippen molar-refractivity contribution in [2.75, 3.05) is 0 Å². The summed E-state index contributed by atoms with van der Waals surface area (Å²) in [5, 5.41) is 0. The number of hydrogen-bond donors (Lipinski definition) is 0. The molecule has 3 aliphatic rings. The fourth-order valence-corrected chi connectivity index (χ4v) is 7.52. The molecule has 0 aliphatic heterocycles. The molecule has 23 heavy (non-hydrogen) atoms. The average Bonchev–Trinajstić information content (AvgIpc) is 2.49. The molecule has 0 saturated heterocycles. The third-order valence-electron chi connectivity index (χ3n) is 9.86. The van der Waals surface area contributed by atoms with Gasteiger partial charge in [0.15, 0.2) is 0 Å². The lowest BCUT2D eigenvalue weighted by Crippen LogP contribution is -2.60. The quantitative estimate of drug-likeness (QED) is 0.495. The Kier molecular flexibility index (Phi) is 4.70. The summed E-state index contributed by atoms with van der Waals surface area (Å²) < 4.78 is 0. The molecule has 3 aliphatic carbocycles. The summed E-state index contributed by atoms with van der Waals surface area (Å²) in [7, 11) is 0. The molecule has 3 saturated carbocycles. The first kappa shape index (κ1) is 17.8. The van der Waals surface area contributed by atoms with Crippen LogP contribution in [0.5, 0.6) is 0 Å². The van der Waals surface area contributed by atoms with Crippen LogP contribution in [0, 0.1) is 39.9 Å². The highest BCUT2D eigenvalue weighted by Crippen LogP contribution is 2.70. The van der Waals surface area contributed by atoms with E-state index in [9.17, 15) is 0 Å². The lowest BCUT2D eigenvalue weighted by atomic mass is 9.37. The molecule has 7 unspecified atom stereocenters. The van der Waals surface area contributed by atoms with Crippen molar-refractivity contribution < 1.29 is 0 Å². The molecule has 0 N–H and O–H groups in total. The van der Waals surface area contributed by atoms with E-state index in [1.165, 1.54) is 64.2 Å². The van der Waals surface area contributed by atoms with Crippen molar-refractivity contribution in [2.24, 2.45) is 39.9 Å². The van der Waals surface area contributed by atoms with Crippen LogP contribution >= 0.6 is 0 Å². The SMILES string of the molecule is CC1CCCC(CC2(C)C(C)CCC3(C)C(C)CCCC32C)C1. The second-order valence-electron chi connectivity index (χ2n) is 10.7. The minimum absolute atomic E-state index is 0.552. The van der Waals surface area contributed by atoms with Crippen molar-refractivity contribution in [1.82, 2.24) is 0 Å². The molecule has 0 aromatic carbocycles. The first-order chi connectivity index (χ1) is 10.7. The molecule has 0 amide bonds. The maximum Gasteiger partial charge on any atom is -0.0213 e. The largest absolute Gasteiger partial charge is 0.0625 e. The van der Waals surface area contributed by atoms with Crippen LogP contribution in [0.15, 0.2) is 0 Å². The first-order valence-electron chi connectivity index (χ1n) is 10.7. The third kappa shape index (κ3) is 2.62. The molecule has 0 aromatic heterocycles. The molecule has 0 nitrogen and oxygen atoms in total. The topological polar surface area (TPSA) is 0 Å². The second-order valence-corrected chi connectivity index (χ2v) is 10.7. The van der Waals surface area contributed by atoms with Gasteiger partial charge in [-0.1, -0.05) is 73.6 Å². The molecule has 0 heteroatoms. The van der Waals surface area contributed by atoms with Crippen LogP contribution in [-0.4, -0.2) is 0 Å². The molecule has 0 radical (unpaired) electrons. The monoisotopic (exact) mass is 318 g/mol. The van der Waals surface area contributed by atoms with Gasteiger partial charge in [-0.2, -0.15) is 0 Å². The normalized spacial score (nSPS) is 54.5. The number of hydrogen-bond acceptors (Lipinski definition) is 0. The Hall–Kier alpha value is 0. The first-order valence-corrected chi connectivity index (χ1v) is 10.7. The van der Waals surface area contributed by atoms with Gasteiger partial charge in [0.05, 0.1) is 0 Å². The zero-order valence-corrected chi connectivity index (χ0v) is 16.9. The Bertz CT molecular complexity index is 426. The van der Waals surface area contributed by atoms with E-state index in [-0.39, 0.29) is 0 Å². The predicted octanol–water partition coefficient (Wildman–Crippen LogP) is 7.47. The molecule has 134 valence electrons. The summed E-state index contributed by atoms with van der Waals surface area (Å²) in [4.78, 5) is 0. The predicted molar refractivity (Wildman–Crippen MR) is 101 cm³/mol. The Balaban J connectivity index is 1.90. The lowest BCUT2D eigenvalue weighted by Gasteiger charge is -2.68. The summed E-state index contributed by atoms with van der Waals surface area (Å²) >= 11 is 0. The van der Waals surface area contributed by atoms with E-state index in [4.69, 9.17) is 0 Å². The minimum Gasteiger partial charge on any atom is -0.0625 e. The van der Waals surface area contributed by atoms with Crippen molar-refractivity contribution in [3.05, 3.63) is 0 Å². The molecule has 3 fully saturated rings. The molecule has 0 aromatic rings. The maximum atomic E-state index is 2.71. The zero-order valence-electron chi connectivity index (χ0n) is 16.9. The average molecular weight is 319 g/mol. The maximum absolute atomic E-state index is 2.71. The van der Waals surface area contributed by atoms with E-state index in [1.807, 2.05) is 0 Å². The van der Waals surface area contributed by atoms with Crippen LogP contribution < -0.4 is 0 Å². The van der Waals surface area contributed by atoms with E-state index in [0.717, 1.165) is 23.7 Å². The van der Waals surface area contributed by atoms with Crippen LogP contribution in [0.2, 0.25) is 0 Å². The summed E-state index contributed by atoms with van der Waals surface area (Å²) in [5.74, 6) is 3.80. The van der Waals surface area contributed by atoms with Crippen molar-refractivity contribution >= 4 is 0 Å². The van der Waals surface area contributed by atoms with E-state index in [1.54, 1.807) is 0 Å². The van der Waals surface area contributed by atoms with Gasteiger partial charge < -0.3 is 0 Å².